The highest BCUT2D eigenvalue weighted by Gasteiger charge is 2.32. The van der Waals surface area contributed by atoms with Crippen molar-refractivity contribution in [2.24, 2.45) is 5.92 Å². The Morgan fingerprint density at radius 1 is 1.41 bits per heavy atom. The van der Waals surface area contributed by atoms with Gasteiger partial charge in [-0.3, -0.25) is 14.4 Å². The Balaban J connectivity index is 2.20. The van der Waals surface area contributed by atoms with Crippen LogP contribution < -0.4 is 10.2 Å². The van der Waals surface area contributed by atoms with E-state index in [1.807, 2.05) is 0 Å². The maximum absolute atomic E-state index is 12.3. The van der Waals surface area contributed by atoms with Crippen LogP contribution in [0, 0.1) is 5.92 Å². The van der Waals surface area contributed by atoms with E-state index in [4.69, 9.17) is 11.6 Å². The van der Waals surface area contributed by atoms with Crippen molar-refractivity contribution in [1.82, 2.24) is 0 Å². The number of carbonyl (C=O) groups is 3. The number of halogens is 1. The van der Waals surface area contributed by atoms with Crippen LogP contribution >= 0.6 is 23.4 Å². The highest BCUT2D eigenvalue weighted by molar-refractivity contribution is 8.13. The number of rotatable bonds is 4. The van der Waals surface area contributed by atoms with Crippen LogP contribution in [0.15, 0.2) is 18.2 Å². The summed E-state index contributed by atoms with van der Waals surface area (Å²) in [6.07, 6.45) is 0.395. The van der Waals surface area contributed by atoms with Crippen molar-refractivity contribution in [3.63, 3.8) is 0 Å². The lowest BCUT2D eigenvalue weighted by molar-refractivity contribution is -0.117. The number of anilines is 2. The smallest absolute Gasteiger partial charge is 0.227 e. The van der Waals surface area contributed by atoms with Gasteiger partial charge in [-0.25, -0.2) is 0 Å². The maximum atomic E-state index is 12.3. The van der Waals surface area contributed by atoms with Crippen LogP contribution in [0.2, 0.25) is 5.02 Å². The van der Waals surface area contributed by atoms with E-state index in [1.165, 1.54) is 25.6 Å². The Labute approximate surface area is 138 Å². The molecule has 7 heteroatoms. The van der Waals surface area contributed by atoms with Crippen LogP contribution in [0.25, 0.3) is 0 Å². The lowest BCUT2D eigenvalue weighted by Crippen LogP contribution is -2.26. The first-order valence-electron chi connectivity index (χ1n) is 6.87. The van der Waals surface area contributed by atoms with Gasteiger partial charge in [0.05, 0.1) is 11.4 Å². The van der Waals surface area contributed by atoms with E-state index in [1.54, 1.807) is 23.1 Å². The predicted octanol–water partition coefficient (Wildman–Crippen LogP) is 2.93. The van der Waals surface area contributed by atoms with E-state index in [2.05, 4.69) is 5.32 Å². The highest BCUT2D eigenvalue weighted by Crippen LogP contribution is 2.34. The van der Waals surface area contributed by atoms with Gasteiger partial charge in [-0.1, -0.05) is 23.4 Å². The van der Waals surface area contributed by atoms with Crippen molar-refractivity contribution in [2.45, 2.75) is 20.3 Å². The number of benzene rings is 1. The van der Waals surface area contributed by atoms with Gasteiger partial charge in [0.1, 0.15) is 0 Å². The fourth-order valence-electron chi connectivity index (χ4n) is 2.38. The second kappa shape index (κ2) is 7.15. The number of hydrogen-bond acceptors (Lipinski definition) is 4. The highest BCUT2D eigenvalue weighted by atomic mass is 35.5. The molecule has 0 saturated carbocycles. The summed E-state index contributed by atoms with van der Waals surface area (Å²) in [7, 11) is 0. The molecule has 1 unspecified atom stereocenters. The molecule has 2 amide bonds. The Kier molecular flexibility index (Phi) is 5.47. The third kappa shape index (κ3) is 4.24. The molecule has 0 aliphatic carbocycles. The molecule has 1 aliphatic rings. The number of carbonyl (C=O) groups excluding carboxylic acids is 3. The summed E-state index contributed by atoms with van der Waals surface area (Å²) >= 11 is 7.25. The van der Waals surface area contributed by atoms with E-state index in [9.17, 15) is 14.4 Å². The van der Waals surface area contributed by atoms with Gasteiger partial charge in [-0.2, -0.15) is 0 Å². The SMILES string of the molecule is CC(=O)Nc1ccc(Cl)cc1N1CC(CSC(C)=O)CC1=O. The molecule has 0 aromatic heterocycles. The molecule has 22 heavy (non-hydrogen) atoms. The average Bonchev–Trinajstić information content (AvgIpc) is 2.79. The van der Waals surface area contributed by atoms with Gasteiger partial charge in [-0.05, 0) is 24.1 Å². The molecular formula is C15H17ClN2O3S. The summed E-state index contributed by atoms with van der Waals surface area (Å²) in [4.78, 5) is 36.2. The van der Waals surface area contributed by atoms with E-state index < -0.39 is 0 Å². The predicted molar refractivity (Wildman–Crippen MR) is 89.4 cm³/mol. The summed E-state index contributed by atoms with van der Waals surface area (Å²) in [5, 5.41) is 3.26. The number of nitrogens with zero attached hydrogens (tertiary/aromatic N) is 1. The molecule has 5 nitrogen and oxygen atoms in total. The van der Waals surface area contributed by atoms with Gasteiger partial charge in [0.2, 0.25) is 11.8 Å². The van der Waals surface area contributed by atoms with Gasteiger partial charge in [-0.15, -0.1) is 0 Å². The van der Waals surface area contributed by atoms with Gasteiger partial charge in [0.25, 0.3) is 0 Å². The molecule has 1 heterocycles. The van der Waals surface area contributed by atoms with Crippen molar-refractivity contribution >= 4 is 51.7 Å². The zero-order valence-electron chi connectivity index (χ0n) is 12.4. The van der Waals surface area contributed by atoms with Crippen LogP contribution in [0.1, 0.15) is 20.3 Å². The molecule has 1 N–H and O–H groups in total. The minimum absolute atomic E-state index is 0.0250. The van der Waals surface area contributed by atoms with Gasteiger partial charge in [0.15, 0.2) is 5.12 Å². The first-order chi connectivity index (χ1) is 10.4. The first kappa shape index (κ1) is 16.8. The van der Waals surface area contributed by atoms with E-state index >= 15 is 0 Å². The van der Waals surface area contributed by atoms with Crippen LogP contribution in [0.4, 0.5) is 11.4 Å². The Bertz CT molecular complexity index is 621. The van der Waals surface area contributed by atoms with Gasteiger partial charge >= 0.3 is 0 Å². The summed E-state index contributed by atoms with van der Waals surface area (Å²) in [6.45, 7) is 3.45. The number of amides is 2. The maximum Gasteiger partial charge on any atom is 0.227 e. The Hall–Kier alpha value is -1.53. The second-order valence-electron chi connectivity index (χ2n) is 5.22. The summed E-state index contributed by atoms with van der Waals surface area (Å²) in [6, 6.07) is 5.02. The number of thioether (sulfide) groups is 1. The zero-order chi connectivity index (χ0) is 16.3. The quantitative estimate of drug-likeness (QED) is 0.915. The van der Waals surface area contributed by atoms with Crippen LogP contribution in [0.3, 0.4) is 0 Å². The minimum Gasteiger partial charge on any atom is -0.325 e. The molecule has 118 valence electrons. The molecule has 1 aliphatic heterocycles. The molecule has 2 rings (SSSR count). The Morgan fingerprint density at radius 2 is 2.14 bits per heavy atom. The van der Waals surface area contributed by atoms with Crippen molar-refractivity contribution in [2.75, 3.05) is 22.5 Å². The number of nitrogens with one attached hydrogen (secondary N) is 1. The van der Waals surface area contributed by atoms with E-state index in [0.717, 1.165) is 0 Å². The lowest BCUT2D eigenvalue weighted by Gasteiger charge is -2.21. The minimum atomic E-state index is -0.209. The fourth-order valence-corrected chi connectivity index (χ4v) is 3.24. The average molecular weight is 341 g/mol. The summed E-state index contributed by atoms with van der Waals surface area (Å²) in [5.41, 5.74) is 1.16. The molecule has 0 radical (unpaired) electrons. The number of hydrogen-bond donors (Lipinski definition) is 1. The molecule has 0 spiro atoms. The Morgan fingerprint density at radius 3 is 2.77 bits per heavy atom. The lowest BCUT2D eigenvalue weighted by atomic mass is 10.1. The zero-order valence-corrected chi connectivity index (χ0v) is 14.0. The van der Waals surface area contributed by atoms with Crippen LogP contribution in [-0.4, -0.2) is 29.2 Å². The topological polar surface area (TPSA) is 66.5 Å². The van der Waals surface area contributed by atoms with Gasteiger partial charge in [0, 0.05) is 37.6 Å². The molecule has 1 fully saturated rings. The van der Waals surface area contributed by atoms with Crippen molar-refractivity contribution < 1.29 is 14.4 Å². The fraction of sp³-hybridized carbons (Fsp3) is 0.400. The van der Waals surface area contributed by atoms with Crippen molar-refractivity contribution in [3.8, 4) is 0 Å². The van der Waals surface area contributed by atoms with E-state index in [-0.39, 0.29) is 22.8 Å². The van der Waals surface area contributed by atoms with Crippen LogP contribution in [0.5, 0.6) is 0 Å². The molecule has 1 saturated heterocycles. The van der Waals surface area contributed by atoms with E-state index in [0.29, 0.717) is 35.1 Å². The van der Waals surface area contributed by atoms with Crippen LogP contribution in [-0.2, 0) is 14.4 Å². The van der Waals surface area contributed by atoms with Gasteiger partial charge < -0.3 is 10.2 Å². The molecule has 0 bridgehead atoms. The molecule has 1 aromatic carbocycles. The normalized spacial score (nSPS) is 17.7. The summed E-state index contributed by atoms with van der Waals surface area (Å²) < 4.78 is 0. The third-order valence-electron chi connectivity index (χ3n) is 3.29. The monoisotopic (exact) mass is 340 g/mol. The molecule has 1 atom stereocenters. The first-order valence-corrected chi connectivity index (χ1v) is 8.24. The summed E-state index contributed by atoms with van der Waals surface area (Å²) in [5.74, 6) is 0.501. The van der Waals surface area contributed by atoms with Crippen molar-refractivity contribution in [3.05, 3.63) is 23.2 Å². The second-order valence-corrected chi connectivity index (χ2v) is 6.85. The molecule has 1 aromatic rings. The largest absolute Gasteiger partial charge is 0.325 e. The molecular weight excluding hydrogens is 324 g/mol. The van der Waals surface area contributed by atoms with Crippen molar-refractivity contribution in [1.29, 1.82) is 0 Å². The standard InChI is InChI=1S/C15H17ClN2O3S/c1-9(19)17-13-4-3-12(16)6-14(13)18-7-11(5-15(18)21)8-22-10(2)20/h3-4,6,11H,5,7-8H2,1-2H3,(H,17,19). The third-order valence-corrected chi connectivity index (χ3v) is 4.57.